The van der Waals surface area contributed by atoms with Crippen LogP contribution in [-0.2, 0) is 6.54 Å². The molecule has 5 aromatic rings. The zero-order chi connectivity index (χ0) is 23.5. The zero-order valence-electron chi connectivity index (χ0n) is 18.7. The van der Waals surface area contributed by atoms with Crippen LogP contribution in [0.5, 0.6) is 5.75 Å². The number of anilines is 1. The van der Waals surface area contributed by atoms with Crippen molar-refractivity contribution in [2.75, 3.05) is 12.4 Å². The molecule has 0 atom stereocenters. The van der Waals surface area contributed by atoms with Crippen LogP contribution in [0.1, 0.15) is 11.3 Å². The van der Waals surface area contributed by atoms with Gasteiger partial charge in [0, 0.05) is 53.5 Å². The third kappa shape index (κ3) is 4.25. The lowest BCUT2D eigenvalue weighted by molar-refractivity contribution is 0.414. The van der Waals surface area contributed by atoms with Gasteiger partial charge in [0.25, 0.3) is 0 Å². The molecule has 0 aliphatic heterocycles. The molecule has 5 rings (SSSR count). The Morgan fingerprint density at radius 2 is 1.79 bits per heavy atom. The van der Waals surface area contributed by atoms with E-state index in [1.165, 1.54) is 0 Å². The van der Waals surface area contributed by atoms with Crippen LogP contribution < -0.4 is 10.1 Å². The van der Waals surface area contributed by atoms with Gasteiger partial charge in [-0.3, -0.25) is 19.9 Å². The highest BCUT2D eigenvalue weighted by Gasteiger charge is 2.14. The molecule has 0 radical (unpaired) electrons. The standard InChI is InChI=1S/C26H21FN6O/c1-16-10-19(5-8-28-16)25-23(34-2)11-17(13-32-25)14-33-26-24(27)20(6-9-30-26)21-12-18-4-3-7-29-22(18)15-31-21/h3-13,15H,14H2,1-2H3,(H,30,33). The zero-order valence-corrected chi connectivity index (χ0v) is 18.7. The van der Waals surface area contributed by atoms with E-state index in [1.54, 1.807) is 44.2 Å². The summed E-state index contributed by atoms with van der Waals surface area (Å²) in [7, 11) is 1.60. The fraction of sp³-hybridized carbons (Fsp3) is 0.115. The number of aryl methyl sites for hydroxylation is 1. The number of methoxy groups -OCH3 is 1. The lowest BCUT2D eigenvalue weighted by Gasteiger charge is -2.12. The summed E-state index contributed by atoms with van der Waals surface area (Å²) < 4.78 is 20.9. The van der Waals surface area contributed by atoms with E-state index in [1.807, 2.05) is 43.3 Å². The molecule has 0 aliphatic carbocycles. The number of ether oxygens (including phenoxy) is 1. The van der Waals surface area contributed by atoms with Gasteiger partial charge in [-0.15, -0.1) is 0 Å². The molecule has 0 saturated heterocycles. The van der Waals surface area contributed by atoms with E-state index in [-0.39, 0.29) is 5.82 Å². The van der Waals surface area contributed by atoms with Crippen LogP contribution in [0.15, 0.2) is 73.4 Å². The quantitative estimate of drug-likeness (QED) is 0.378. The number of nitrogens with zero attached hydrogens (tertiary/aromatic N) is 5. The summed E-state index contributed by atoms with van der Waals surface area (Å²) in [5.74, 6) is 0.293. The molecule has 7 nitrogen and oxygen atoms in total. The Bertz CT molecular complexity index is 1490. The second kappa shape index (κ2) is 9.19. The Hall–Kier alpha value is -4.46. The minimum atomic E-state index is -0.470. The van der Waals surface area contributed by atoms with Crippen molar-refractivity contribution in [2.24, 2.45) is 0 Å². The Labute approximate surface area is 195 Å². The van der Waals surface area contributed by atoms with Gasteiger partial charge < -0.3 is 10.1 Å². The first-order valence-corrected chi connectivity index (χ1v) is 10.7. The summed E-state index contributed by atoms with van der Waals surface area (Å²) in [4.78, 5) is 21.6. The van der Waals surface area contributed by atoms with Gasteiger partial charge in [-0.2, -0.15) is 0 Å². The van der Waals surface area contributed by atoms with Crippen LogP contribution in [0.25, 0.3) is 33.4 Å². The predicted octanol–water partition coefficient (Wildman–Crippen LogP) is 5.22. The first-order valence-electron chi connectivity index (χ1n) is 10.7. The third-order valence-corrected chi connectivity index (χ3v) is 5.41. The topological polar surface area (TPSA) is 85.7 Å². The van der Waals surface area contributed by atoms with Crippen molar-refractivity contribution in [3.63, 3.8) is 0 Å². The van der Waals surface area contributed by atoms with Gasteiger partial charge in [0.2, 0.25) is 0 Å². The maximum absolute atomic E-state index is 15.3. The van der Waals surface area contributed by atoms with Crippen LogP contribution in [0, 0.1) is 12.7 Å². The highest BCUT2D eigenvalue weighted by Crippen LogP contribution is 2.30. The molecule has 0 amide bonds. The highest BCUT2D eigenvalue weighted by molar-refractivity contribution is 5.82. The van der Waals surface area contributed by atoms with Crippen LogP contribution in [0.3, 0.4) is 0 Å². The van der Waals surface area contributed by atoms with E-state index in [0.717, 1.165) is 33.4 Å². The largest absolute Gasteiger partial charge is 0.494 e. The summed E-state index contributed by atoms with van der Waals surface area (Å²) in [6.45, 7) is 2.25. The number of nitrogens with one attached hydrogen (secondary N) is 1. The second-order valence-electron chi connectivity index (χ2n) is 7.72. The first kappa shape index (κ1) is 21.4. The molecule has 5 aromatic heterocycles. The summed E-state index contributed by atoms with van der Waals surface area (Å²) in [6.07, 6.45) is 8.38. The predicted molar refractivity (Wildman–Crippen MR) is 129 cm³/mol. The smallest absolute Gasteiger partial charge is 0.174 e. The number of halogens is 1. The van der Waals surface area contributed by atoms with Crippen LogP contribution in [-0.4, -0.2) is 32.0 Å². The molecule has 34 heavy (non-hydrogen) atoms. The number of pyridine rings is 5. The molecule has 5 heterocycles. The van der Waals surface area contributed by atoms with Crippen LogP contribution in [0.2, 0.25) is 0 Å². The van der Waals surface area contributed by atoms with Gasteiger partial charge >= 0.3 is 0 Å². The molecule has 0 aliphatic rings. The molecular formula is C26H21FN6O. The van der Waals surface area contributed by atoms with Crippen molar-refractivity contribution in [2.45, 2.75) is 13.5 Å². The SMILES string of the molecule is COc1cc(CNc2nccc(-c3cc4cccnc4cn3)c2F)cnc1-c1ccnc(C)c1. The second-order valence-corrected chi connectivity index (χ2v) is 7.72. The fourth-order valence-corrected chi connectivity index (χ4v) is 3.72. The van der Waals surface area contributed by atoms with Gasteiger partial charge in [0.05, 0.1) is 24.5 Å². The Morgan fingerprint density at radius 1 is 0.912 bits per heavy atom. The molecule has 0 bridgehead atoms. The van der Waals surface area contributed by atoms with Crippen LogP contribution >= 0.6 is 0 Å². The van der Waals surface area contributed by atoms with E-state index in [9.17, 15) is 0 Å². The van der Waals surface area contributed by atoms with Gasteiger partial charge in [0.1, 0.15) is 11.4 Å². The number of rotatable bonds is 6. The van der Waals surface area contributed by atoms with Gasteiger partial charge in [0.15, 0.2) is 11.6 Å². The van der Waals surface area contributed by atoms with Crippen molar-refractivity contribution in [1.29, 1.82) is 0 Å². The Balaban J connectivity index is 1.39. The van der Waals surface area contributed by atoms with E-state index < -0.39 is 5.82 Å². The molecule has 168 valence electrons. The molecule has 1 N–H and O–H groups in total. The van der Waals surface area contributed by atoms with Gasteiger partial charge in [-0.05, 0) is 48.9 Å². The third-order valence-electron chi connectivity index (χ3n) is 5.41. The van der Waals surface area contributed by atoms with Crippen molar-refractivity contribution in [3.05, 3.63) is 90.5 Å². The summed E-state index contributed by atoms with van der Waals surface area (Å²) in [5, 5.41) is 3.95. The van der Waals surface area contributed by atoms with Crippen molar-refractivity contribution in [3.8, 4) is 28.3 Å². The van der Waals surface area contributed by atoms with E-state index in [0.29, 0.717) is 23.6 Å². The van der Waals surface area contributed by atoms with Crippen molar-refractivity contribution < 1.29 is 9.13 Å². The summed E-state index contributed by atoms with van der Waals surface area (Å²) in [6, 6.07) is 12.9. The minimum Gasteiger partial charge on any atom is -0.494 e. The summed E-state index contributed by atoms with van der Waals surface area (Å²) in [5.41, 5.74) is 5.00. The molecular weight excluding hydrogens is 431 g/mol. The monoisotopic (exact) mass is 452 g/mol. The lowest BCUT2D eigenvalue weighted by atomic mass is 10.1. The molecule has 8 heteroatoms. The van der Waals surface area contributed by atoms with Crippen molar-refractivity contribution >= 4 is 16.7 Å². The number of fused-ring (bicyclic) bond motifs is 1. The first-order chi connectivity index (χ1) is 16.6. The summed E-state index contributed by atoms with van der Waals surface area (Å²) >= 11 is 0. The van der Waals surface area contributed by atoms with E-state index in [4.69, 9.17) is 4.74 Å². The average molecular weight is 452 g/mol. The Kier molecular flexibility index (Phi) is 5.78. The molecule has 0 saturated carbocycles. The minimum absolute atomic E-state index is 0.137. The van der Waals surface area contributed by atoms with Gasteiger partial charge in [-0.1, -0.05) is 6.07 Å². The lowest BCUT2D eigenvalue weighted by Crippen LogP contribution is -2.06. The maximum atomic E-state index is 15.3. The highest BCUT2D eigenvalue weighted by atomic mass is 19.1. The maximum Gasteiger partial charge on any atom is 0.174 e. The fourth-order valence-electron chi connectivity index (χ4n) is 3.72. The number of aromatic nitrogens is 5. The van der Waals surface area contributed by atoms with E-state index in [2.05, 4.69) is 30.2 Å². The molecule has 0 aromatic carbocycles. The van der Waals surface area contributed by atoms with Gasteiger partial charge in [-0.25, -0.2) is 9.37 Å². The molecule has 0 spiro atoms. The van der Waals surface area contributed by atoms with E-state index >= 15 is 4.39 Å². The van der Waals surface area contributed by atoms with Crippen molar-refractivity contribution in [1.82, 2.24) is 24.9 Å². The average Bonchev–Trinajstić information content (AvgIpc) is 2.87. The normalized spacial score (nSPS) is 10.9. The van der Waals surface area contributed by atoms with Crippen LogP contribution in [0.4, 0.5) is 10.2 Å². The molecule has 0 fully saturated rings. The number of hydrogen-bond acceptors (Lipinski definition) is 7. The number of hydrogen-bond donors (Lipinski definition) is 1. The Morgan fingerprint density at radius 3 is 2.65 bits per heavy atom. The molecule has 0 unspecified atom stereocenters.